The molecule has 9 nitrogen and oxygen atoms in total. The van der Waals surface area contributed by atoms with Crippen LogP contribution in [0.4, 0.5) is 11.4 Å². The molecule has 1 heterocycles. The van der Waals surface area contributed by atoms with Crippen molar-refractivity contribution in [2.45, 2.75) is 24.8 Å². The molecular formula is C16H19N3O6S2. The van der Waals surface area contributed by atoms with Gasteiger partial charge in [-0.05, 0) is 38.1 Å². The molecule has 0 aliphatic carbocycles. The summed E-state index contributed by atoms with van der Waals surface area (Å²) in [5, 5.41) is 13.5. The maximum atomic E-state index is 12.3. The minimum Gasteiger partial charge on any atom is -0.383 e. The van der Waals surface area contributed by atoms with Gasteiger partial charge in [0.05, 0.1) is 26.2 Å². The molecule has 0 spiro atoms. The standard InChI is InChI=1S/C16H19N3O6S2/c1-10(9-25-3)18-27(23,24)13-6-4-12(5-7-13)17-16(20)15-8-14(19(21)22)11(2)26-15/h4-8,10,18H,9H2,1-3H3,(H,17,20). The molecule has 1 aromatic heterocycles. The minimum absolute atomic E-state index is 0.0473. The zero-order chi connectivity index (χ0) is 20.2. The van der Waals surface area contributed by atoms with E-state index in [1.165, 1.54) is 37.4 Å². The van der Waals surface area contributed by atoms with Crippen LogP contribution in [0.5, 0.6) is 0 Å². The third-order valence-electron chi connectivity index (χ3n) is 3.51. The van der Waals surface area contributed by atoms with Crippen molar-refractivity contribution >= 4 is 38.6 Å². The number of hydrogen-bond donors (Lipinski definition) is 2. The molecule has 2 rings (SSSR count). The normalized spacial score (nSPS) is 12.6. The van der Waals surface area contributed by atoms with Gasteiger partial charge in [-0.2, -0.15) is 0 Å². The predicted octanol–water partition coefficient (Wildman–Crippen LogP) is 2.53. The van der Waals surface area contributed by atoms with Gasteiger partial charge >= 0.3 is 0 Å². The average molecular weight is 413 g/mol. The van der Waals surface area contributed by atoms with Crippen molar-refractivity contribution in [1.29, 1.82) is 0 Å². The lowest BCUT2D eigenvalue weighted by Crippen LogP contribution is -2.35. The number of hydrogen-bond acceptors (Lipinski definition) is 7. The van der Waals surface area contributed by atoms with Crippen LogP contribution < -0.4 is 10.0 Å². The molecule has 0 aliphatic heterocycles. The van der Waals surface area contributed by atoms with E-state index in [2.05, 4.69) is 10.0 Å². The lowest BCUT2D eigenvalue weighted by Gasteiger charge is -2.13. The Balaban J connectivity index is 2.10. The van der Waals surface area contributed by atoms with Gasteiger partial charge in [-0.3, -0.25) is 14.9 Å². The van der Waals surface area contributed by atoms with E-state index < -0.39 is 26.9 Å². The Morgan fingerprint density at radius 3 is 2.48 bits per heavy atom. The first-order valence-corrected chi connectivity index (χ1v) is 10.1. The van der Waals surface area contributed by atoms with E-state index in [0.29, 0.717) is 10.6 Å². The molecular weight excluding hydrogens is 394 g/mol. The molecule has 0 saturated heterocycles. The van der Waals surface area contributed by atoms with E-state index in [4.69, 9.17) is 4.74 Å². The molecule has 0 radical (unpaired) electrons. The van der Waals surface area contributed by atoms with Crippen molar-refractivity contribution in [3.05, 3.63) is 50.2 Å². The lowest BCUT2D eigenvalue weighted by atomic mass is 10.3. The highest BCUT2D eigenvalue weighted by Crippen LogP contribution is 2.28. The summed E-state index contributed by atoms with van der Waals surface area (Å²) in [6, 6.07) is 6.44. The number of thiophene rings is 1. The number of carbonyl (C=O) groups is 1. The van der Waals surface area contributed by atoms with Gasteiger partial charge in [-0.1, -0.05) is 0 Å². The third kappa shape index (κ3) is 5.32. The zero-order valence-corrected chi connectivity index (χ0v) is 16.5. The molecule has 0 aliphatic rings. The number of methoxy groups -OCH3 is 1. The van der Waals surface area contributed by atoms with Crippen molar-refractivity contribution in [2.24, 2.45) is 0 Å². The number of nitrogens with one attached hydrogen (secondary N) is 2. The number of nitrogens with zero attached hydrogens (tertiary/aromatic N) is 1. The first-order valence-electron chi connectivity index (χ1n) is 7.81. The molecule has 1 aromatic carbocycles. The molecule has 0 saturated carbocycles. The summed E-state index contributed by atoms with van der Waals surface area (Å²) in [5.41, 5.74) is 0.264. The summed E-state index contributed by atoms with van der Waals surface area (Å²) in [4.78, 5) is 23.2. The van der Waals surface area contributed by atoms with Gasteiger partial charge in [0.25, 0.3) is 11.6 Å². The highest BCUT2D eigenvalue weighted by atomic mass is 32.2. The van der Waals surface area contributed by atoms with E-state index in [9.17, 15) is 23.3 Å². The van der Waals surface area contributed by atoms with Gasteiger partial charge in [0.1, 0.15) is 0 Å². The second-order valence-electron chi connectivity index (χ2n) is 5.77. The number of aryl methyl sites for hydroxylation is 1. The first kappa shape index (κ1) is 21.0. The molecule has 0 fully saturated rings. The fourth-order valence-corrected chi connectivity index (χ4v) is 4.40. The van der Waals surface area contributed by atoms with Gasteiger partial charge in [-0.15, -0.1) is 11.3 Å². The van der Waals surface area contributed by atoms with E-state index >= 15 is 0 Å². The van der Waals surface area contributed by atoms with Gasteiger partial charge < -0.3 is 10.1 Å². The summed E-state index contributed by atoms with van der Waals surface area (Å²) >= 11 is 1.02. The van der Waals surface area contributed by atoms with E-state index in [-0.39, 0.29) is 22.1 Å². The predicted molar refractivity (Wildman–Crippen MR) is 102 cm³/mol. The number of carbonyl (C=O) groups excluding carboxylic acids is 1. The van der Waals surface area contributed by atoms with Crippen molar-refractivity contribution in [3.63, 3.8) is 0 Å². The summed E-state index contributed by atoms with van der Waals surface area (Å²) in [7, 11) is -2.23. The Bertz CT molecular complexity index is 938. The van der Waals surface area contributed by atoms with Crippen LogP contribution in [0.15, 0.2) is 35.2 Å². The van der Waals surface area contributed by atoms with Crippen molar-refractivity contribution < 1.29 is 22.9 Å². The Kier molecular flexibility index (Phi) is 6.65. The van der Waals surface area contributed by atoms with Crippen LogP contribution >= 0.6 is 11.3 Å². The number of sulfonamides is 1. The van der Waals surface area contributed by atoms with Crippen LogP contribution in [0, 0.1) is 17.0 Å². The van der Waals surface area contributed by atoms with E-state index in [1.807, 2.05) is 0 Å². The Morgan fingerprint density at radius 1 is 1.33 bits per heavy atom. The largest absolute Gasteiger partial charge is 0.383 e. The van der Waals surface area contributed by atoms with Crippen molar-refractivity contribution in [3.8, 4) is 0 Å². The Labute approximate surface area is 160 Å². The zero-order valence-electron chi connectivity index (χ0n) is 14.9. The molecule has 1 unspecified atom stereocenters. The van der Waals surface area contributed by atoms with E-state index in [1.54, 1.807) is 13.8 Å². The highest BCUT2D eigenvalue weighted by molar-refractivity contribution is 7.89. The number of nitro groups is 1. The van der Waals surface area contributed by atoms with Gasteiger partial charge in [-0.25, -0.2) is 13.1 Å². The minimum atomic E-state index is -3.71. The fourth-order valence-electron chi connectivity index (χ4n) is 2.29. The molecule has 0 bridgehead atoms. The van der Waals surface area contributed by atoms with Crippen molar-refractivity contribution in [1.82, 2.24) is 4.72 Å². The second kappa shape index (κ2) is 8.57. The Morgan fingerprint density at radius 2 is 1.96 bits per heavy atom. The summed E-state index contributed by atoms with van der Waals surface area (Å²) in [6.07, 6.45) is 0. The topological polar surface area (TPSA) is 128 Å². The first-order chi connectivity index (χ1) is 12.6. The highest BCUT2D eigenvalue weighted by Gasteiger charge is 2.20. The SMILES string of the molecule is COCC(C)NS(=O)(=O)c1ccc(NC(=O)c2cc([N+](=O)[O-])c(C)s2)cc1. The fraction of sp³-hybridized carbons (Fsp3) is 0.312. The third-order valence-corrected chi connectivity index (χ3v) is 6.15. The summed E-state index contributed by atoms with van der Waals surface area (Å²) in [5.74, 6) is -0.501. The Hall–Kier alpha value is -2.34. The number of rotatable bonds is 8. The average Bonchev–Trinajstić information content (AvgIpc) is 2.97. The molecule has 27 heavy (non-hydrogen) atoms. The van der Waals surface area contributed by atoms with Crippen LogP contribution in [0.1, 0.15) is 21.5 Å². The molecule has 146 valence electrons. The molecule has 1 atom stereocenters. The summed E-state index contributed by atoms with van der Waals surface area (Å²) in [6.45, 7) is 3.48. The monoisotopic (exact) mass is 413 g/mol. The van der Waals surface area contributed by atoms with Crippen LogP contribution in [-0.2, 0) is 14.8 Å². The van der Waals surface area contributed by atoms with Crippen LogP contribution in [0.2, 0.25) is 0 Å². The maximum Gasteiger partial charge on any atom is 0.283 e. The molecule has 11 heteroatoms. The molecule has 2 aromatic rings. The number of benzene rings is 1. The van der Waals surface area contributed by atoms with Crippen molar-refractivity contribution in [2.75, 3.05) is 19.0 Å². The van der Waals surface area contributed by atoms with E-state index in [0.717, 1.165) is 11.3 Å². The van der Waals surface area contributed by atoms with Gasteiger partial charge in [0.2, 0.25) is 10.0 Å². The lowest BCUT2D eigenvalue weighted by molar-refractivity contribution is -0.385. The van der Waals surface area contributed by atoms with Crippen LogP contribution in [0.25, 0.3) is 0 Å². The maximum absolute atomic E-state index is 12.3. The molecule has 1 amide bonds. The van der Waals surface area contributed by atoms with Crippen LogP contribution in [-0.4, -0.2) is 39.0 Å². The molecule has 2 N–H and O–H groups in total. The van der Waals surface area contributed by atoms with Gasteiger partial charge in [0.15, 0.2) is 0 Å². The van der Waals surface area contributed by atoms with Gasteiger partial charge in [0, 0.05) is 24.9 Å². The van der Waals surface area contributed by atoms with Crippen LogP contribution in [0.3, 0.4) is 0 Å². The smallest absolute Gasteiger partial charge is 0.283 e. The number of ether oxygens (including phenoxy) is 1. The second-order valence-corrected chi connectivity index (χ2v) is 8.74. The summed E-state index contributed by atoms with van der Waals surface area (Å²) < 4.78 is 31.9. The number of amides is 1. The quantitative estimate of drug-likeness (QED) is 0.506. The number of anilines is 1.